The molecule has 3 nitrogen and oxygen atoms in total. The highest BCUT2D eigenvalue weighted by molar-refractivity contribution is 6.30. The molecule has 0 aliphatic rings. The van der Waals surface area contributed by atoms with Crippen molar-refractivity contribution in [3.05, 3.63) is 70.4 Å². The molecular weight excluding hydrogens is 394 g/mol. The Balaban J connectivity index is 2.22. The van der Waals surface area contributed by atoms with Crippen molar-refractivity contribution in [2.24, 2.45) is 10.8 Å². The summed E-state index contributed by atoms with van der Waals surface area (Å²) < 4.78 is 2.24. The lowest BCUT2D eigenvalue weighted by Gasteiger charge is -2.24. The Morgan fingerprint density at radius 2 is 1.63 bits per heavy atom. The first-order valence-electron chi connectivity index (χ1n) is 10.5. The molecule has 1 heterocycles. The van der Waals surface area contributed by atoms with Crippen LogP contribution in [0.15, 0.2) is 48.5 Å². The maximum atomic E-state index is 13.5. The number of halogens is 1. The maximum absolute atomic E-state index is 13.5. The molecule has 160 valence electrons. The molecule has 0 fully saturated rings. The van der Waals surface area contributed by atoms with Crippen LogP contribution in [-0.4, -0.2) is 22.1 Å². The van der Waals surface area contributed by atoms with E-state index in [1.807, 2.05) is 56.3 Å². The smallest absolute Gasteiger partial charge is 0.165 e. The fraction of sp³-hybridized carbons (Fsp3) is 0.423. The first-order chi connectivity index (χ1) is 14.0. The highest BCUT2D eigenvalue weighted by Gasteiger charge is 2.29. The molecule has 0 radical (unpaired) electrons. The van der Waals surface area contributed by atoms with Crippen molar-refractivity contribution in [3.8, 4) is 0 Å². The minimum Gasteiger partial charge on any atom is -0.396 e. The number of aliphatic hydroxyl groups excluding tert-OH is 1. The van der Waals surface area contributed by atoms with Gasteiger partial charge in [0, 0.05) is 46.8 Å². The summed E-state index contributed by atoms with van der Waals surface area (Å²) in [5, 5.41) is 11.6. The molecule has 1 aromatic heterocycles. The molecule has 2 aromatic carbocycles. The van der Waals surface area contributed by atoms with Gasteiger partial charge >= 0.3 is 0 Å². The van der Waals surface area contributed by atoms with Crippen LogP contribution in [0.4, 0.5) is 0 Å². The van der Waals surface area contributed by atoms with E-state index in [0.29, 0.717) is 24.4 Å². The number of benzene rings is 2. The van der Waals surface area contributed by atoms with Crippen LogP contribution >= 0.6 is 11.6 Å². The summed E-state index contributed by atoms with van der Waals surface area (Å²) in [5.41, 5.74) is 3.55. The van der Waals surface area contributed by atoms with E-state index in [4.69, 9.17) is 11.6 Å². The fourth-order valence-corrected chi connectivity index (χ4v) is 4.01. The molecule has 0 aliphatic carbocycles. The molecular formula is C26H32ClNO2. The van der Waals surface area contributed by atoms with E-state index in [0.717, 1.165) is 27.7 Å². The SMILES string of the molecule is CC(C)(C)CC(=O)c1c(CC(C)(C)CO)n(Cc2ccc(Cl)cc2)c2ccccc12. The molecule has 0 bridgehead atoms. The Labute approximate surface area is 184 Å². The Hall–Kier alpha value is -2.10. The van der Waals surface area contributed by atoms with Gasteiger partial charge < -0.3 is 9.67 Å². The van der Waals surface area contributed by atoms with Gasteiger partial charge in [-0.05, 0) is 41.0 Å². The molecule has 0 aliphatic heterocycles. The van der Waals surface area contributed by atoms with E-state index in [9.17, 15) is 9.90 Å². The minimum absolute atomic E-state index is 0.0579. The second kappa shape index (κ2) is 8.56. The van der Waals surface area contributed by atoms with E-state index >= 15 is 0 Å². The second-order valence-electron chi connectivity index (χ2n) is 10.2. The number of aromatic nitrogens is 1. The molecule has 4 heteroatoms. The Morgan fingerprint density at radius 1 is 1.00 bits per heavy atom. The van der Waals surface area contributed by atoms with Gasteiger partial charge in [0.05, 0.1) is 0 Å². The van der Waals surface area contributed by atoms with Crippen LogP contribution in [0.5, 0.6) is 0 Å². The topological polar surface area (TPSA) is 42.2 Å². The van der Waals surface area contributed by atoms with Crippen molar-refractivity contribution in [2.75, 3.05) is 6.61 Å². The summed E-state index contributed by atoms with van der Waals surface area (Å²) in [6, 6.07) is 16.0. The van der Waals surface area contributed by atoms with Gasteiger partial charge in [-0.1, -0.05) is 76.6 Å². The molecule has 0 saturated carbocycles. The Bertz CT molecular complexity index is 1040. The van der Waals surface area contributed by atoms with Crippen molar-refractivity contribution in [1.29, 1.82) is 0 Å². The van der Waals surface area contributed by atoms with Gasteiger partial charge in [0.15, 0.2) is 5.78 Å². The molecule has 0 amide bonds. The third-order valence-corrected chi connectivity index (χ3v) is 5.63. The first-order valence-corrected chi connectivity index (χ1v) is 10.9. The number of hydrogen-bond donors (Lipinski definition) is 1. The summed E-state index contributed by atoms with van der Waals surface area (Å²) in [4.78, 5) is 13.5. The number of nitrogens with zero attached hydrogens (tertiary/aromatic N) is 1. The third kappa shape index (κ3) is 5.14. The van der Waals surface area contributed by atoms with Crippen molar-refractivity contribution < 1.29 is 9.90 Å². The van der Waals surface area contributed by atoms with Gasteiger partial charge in [-0.25, -0.2) is 0 Å². The normalized spacial score (nSPS) is 12.5. The minimum atomic E-state index is -0.330. The highest BCUT2D eigenvalue weighted by atomic mass is 35.5. The van der Waals surface area contributed by atoms with Crippen LogP contribution in [0.1, 0.15) is 62.7 Å². The van der Waals surface area contributed by atoms with E-state index in [1.54, 1.807) is 0 Å². The summed E-state index contributed by atoms with van der Waals surface area (Å²) in [6.45, 7) is 11.1. The average molecular weight is 426 g/mol. The summed E-state index contributed by atoms with van der Waals surface area (Å²) in [5.74, 6) is 0.164. The largest absolute Gasteiger partial charge is 0.396 e. The molecule has 3 rings (SSSR count). The predicted molar refractivity (Wildman–Crippen MR) is 125 cm³/mol. The van der Waals surface area contributed by atoms with Gasteiger partial charge in [0.1, 0.15) is 0 Å². The van der Waals surface area contributed by atoms with Crippen molar-refractivity contribution >= 4 is 28.3 Å². The second-order valence-corrected chi connectivity index (χ2v) is 10.6. The monoisotopic (exact) mass is 425 g/mol. The lowest BCUT2D eigenvalue weighted by atomic mass is 9.83. The number of carbonyl (C=O) groups excluding carboxylic acids is 1. The van der Waals surface area contributed by atoms with Gasteiger partial charge in [-0.2, -0.15) is 0 Å². The lowest BCUT2D eigenvalue weighted by Crippen LogP contribution is -2.24. The van der Waals surface area contributed by atoms with E-state index in [2.05, 4.69) is 31.4 Å². The highest BCUT2D eigenvalue weighted by Crippen LogP contribution is 2.35. The Kier molecular flexibility index (Phi) is 6.45. The van der Waals surface area contributed by atoms with E-state index in [1.165, 1.54) is 0 Å². The zero-order valence-corrected chi connectivity index (χ0v) is 19.4. The van der Waals surface area contributed by atoms with Gasteiger partial charge in [-0.15, -0.1) is 0 Å². The quantitative estimate of drug-likeness (QED) is 0.437. The number of aliphatic hydroxyl groups is 1. The standard InChI is InChI=1S/C26H32ClNO2/c1-25(2,3)15-23(30)24-20-8-6-7-9-21(20)28(22(24)14-26(4,5)17-29)16-18-10-12-19(27)13-11-18/h6-13,29H,14-17H2,1-5H3. The average Bonchev–Trinajstić information content (AvgIpc) is 2.95. The number of para-hydroxylation sites is 1. The van der Waals surface area contributed by atoms with Crippen molar-refractivity contribution in [3.63, 3.8) is 0 Å². The molecule has 0 atom stereocenters. The summed E-state index contributed by atoms with van der Waals surface area (Å²) >= 11 is 6.07. The van der Waals surface area contributed by atoms with Gasteiger partial charge in [-0.3, -0.25) is 4.79 Å². The third-order valence-electron chi connectivity index (χ3n) is 5.38. The van der Waals surface area contributed by atoms with Crippen LogP contribution in [0.25, 0.3) is 10.9 Å². The van der Waals surface area contributed by atoms with Crippen LogP contribution < -0.4 is 0 Å². The zero-order chi connectivity index (χ0) is 22.1. The van der Waals surface area contributed by atoms with Gasteiger partial charge in [0.25, 0.3) is 0 Å². The predicted octanol–water partition coefficient (Wildman–Crippen LogP) is 6.52. The molecule has 0 saturated heterocycles. The zero-order valence-electron chi connectivity index (χ0n) is 18.6. The number of ketones is 1. The van der Waals surface area contributed by atoms with Crippen molar-refractivity contribution in [2.45, 2.75) is 54.0 Å². The van der Waals surface area contributed by atoms with E-state index in [-0.39, 0.29) is 23.2 Å². The molecule has 30 heavy (non-hydrogen) atoms. The van der Waals surface area contributed by atoms with Gasteiger partial charge in [0.2, 0.25) is 0 Å². The van der Waals surface area contributed by atoms with Crippen LogP contribution in [-0.2, 0) is 13.0 Å². The van der Waals surface area contributed by atoms with Crippen molar-refractivity contribution in [1.82, 2.24) is 4.57 Å². The summed E-state index contributed by atoms with van der Waals surface area (Å²) in [7, 11) is 0. The number of hydrogen-bond acceptors (Lipinski definition) is 2. The molecule has 3 aromatic rings. The molecule has 0 unspecified atom stereocenters. The van der Waals surface area contributed by atoms with Crippen LogP contribution in [0.2, 0.25) is 5.02 Å². The maximum Gasteiger partial charge on any atom is 0.165 e. The fourth-order valence-electron chi connectivity index (χ4n) is 3.88. The van der Waals surface area contributed by atoms with Crippen LogP contribution in [0, 0.1) is 10.8 Å². The summed E-state index contributed by atoms with van der Waals surface area (Å²) in [6.07, 6.45) is 1.10. The molecule has 1 N–H and O–H groups in total. The molecule has 0 spiro atoms. The Morgan fingerprint density at radius 3 is 2.23 bits per heavy atom. The first kappa shape index (κ1) is 22.6. The number of Topliss-reactive ketones (excluding diaryl/α,β-unsaturated/α-hetero) is 1. The lowest BCUT2D eigenvalue weighted by molar-refractivity contribution is 0.0938. The number of fused-ring (bicyclic) bond motifs is 1. The van der Waals surface area contributed by atoms with E-state index < -0.39 is 0 Å². The number of rotatable bonds is 7. The number of carbonyl (C=O) groups is 1. The van der Waals surface area contributed by atoms with Crippen LogP contribution in [0.3, 0.4) is 0 Å².